The van der Waals surface area contributed by atoms with Gasteiger partial charge in [-0.1, -0.05) is 0 Å². The van der Waals surface area contributed by atoms with E-state index in [0.29, 0.717) is 42.7 Å². The van der Waals surface area contributed by atoms with Crippen molar-refractivity contribution in [1.29, 1.82) is 0 Å². The Kier molecular flexibility index (Phi) is 5.48. The van der Waals surface area contributed by atoms with Crippen LogP contribution in [0.1, 0.15) is 26.7 Å². The predicted octanol–water partition coefficient (Wildman–Crippen LogP) is 1.67. The average molecular weight is 428 g/mol. The van der Waals surface area contributed by atoms with Crippen molar-refractivity contribution in [2.24, 2.45) is 0 Å². The number of nitrogens with zero attached hydrogens (tertiary/aromatic N) is 5. The van der Waals surface area contributed by atoms with E-state index in [-0.39, 0.29) is 30.0 Å². The van der Waals surface area contributed by atoms with Crippen LogP contribution >= 0.6 is 0 Å². The predicted molar refractivity (Wildman–Crippen MR) is 113 cm³/mol. The fourth-order valence-corrected chi connectivity index (χ4v) is 3.77. The van der Waals surface area contributed by atoms with Crippen LogP contribution in [0.4, 0.5) is 9.18 Å². The number of hydrogen-bond donors (Lipinski definition) is 2. The van der Waals surface area contributed by atoms with Crippen molar-refractivity contribution < 1.29 is 14.3 Å². The molecule has 1 aliphatic heterocycles. The van der Waals surface area contributed by atoms with Crippen LogP contribution in [-0.2, 0) is 6.54 Å². The number of aliphatic hydroxyl groups is 1. The van der Waals surface area contributed by atoms with Crippen molar-refractivity contribution in [3.05, 3.63) is 53.0 Å². The maximum Gasteiger partial charge on any atom is 0.317 e. The van der Waals surface area contributed by atoms with Crippen LogP contribution in [0.2, 0.25) is 0 Å². The molecule has 0 aliphatic carbocycles. The lowest BCUT2D eigenvalue weighted by molar-refractivity contribution is -0.0266. The number of carbonyl (C=O) groups is 1. The van der Waals surface area contributed by atoms with Gasteiger partial charge < -0.3 is 15.3 Å². The number of carbonyl (C=O) groups excluding carboxylic acids is 1. The summed E-state index contributed by atoms with van der Waals surface area (Å²) in [5, 5.41) is 18.4. The molecule has 0 atom stereocenters. The van der Waals surface area contributed by atoms with Crippen LogP contribution in [0.5, 0.6) is 0 Å². The quantitative estimate of drug-likeness (QED) is 0.658. The van der Waals surface area contributed by atoms with E-state index in [2.05, 4.69) is 15.4 Å². The first-order chi connectivity index (χ1) is 14.8. The van der Waals surface area contributed by atoms with Crippen LogP contribution in [-0.4, -0.2) is 60.1 Å². The van der Waals surface area contributed by atoms with Crippen molar-refractivity contribution in [1.82, 2.24) is 29.5 Å². The molecule has 1 aliphatic rings. The number of amides is 2. The summed E-state index contributed by atoms with van der Waals surface area (Å²) in [6.07, 6.45) is 3.53. The third-order valence-corrected chi connectivity index (χ3v) is 5.48. The second kappa shape index (κ2) is 8.10. The molecule has 3 aromatic rings. The van der Waals surface area contributed by atoms with E-state index < -0.39 is 5.60 Å². The van der Waals surface area contributed by atoms with E-state index >= 15 is 0 Å². The molecule has 0 bridgehead atoms. The van der Waals surface area contributed by atoms with Gasteiger partial charge in [-0.15, -0.1) is 0 Å². The van der Waals surface area contributed by atoms with Gasteiger partial charge in [-0.2, -0.15) is 5.10 Å². The van der Waals surface area contributed by atoms with Gasteiger partial charge in [0.05, 0.1) is 24.0 Å². The number of nitrogens with one attached hydrogen (secondary N) is 1. The van der Waals surface area contributed by atoms with Crippen molar-refractivity contribution in [3.63, 3.8) is 0 Å². The first kappa shape index (κ1) is 21.0. The van der Waals surface area contributed by atoms with Gasteiger partial charge in [0.1, 0.15) is 17.5 Å². The van der Waals surface area contributed by atoms with Crippen LogP contribution < -0.4 is 10.9 Å². The van der Waals surface area contributed by atoms with Crippen molar-refractivity contribution in [2.45, 2.75) is 44.9 Å². The van der Waals surface area contributed by atoms with Gasteiger partial charge in [-0.05, 0) is 51.0 Å². The summed E-state index contributed by atoms with van der Waals surface area (Å²) in [5.74, 6) is -0.364. The normalized spacial score (nSPS) is 16.1. The second-order valence-electron chi connectivity index (χ2n) is 8.26. The summed E-state index contributed by atoms with van der Waals surface area (Å²) in [5.41, 5.74) is -0.473. The molecule has 0 unspecified atom stereocenters. The molecule has 164 valence electrons. The number of hydrogen-bond acceptors (Lipinski definition) is 5. The van der Waals surface area contributed by atoms with Crippen LogP contribution in [0.25, 0.3) is 16.7 Å². The molecule has 3 heterocycles. The fraction of sp³-hybridized carbons (Fsp3) is 0.429. The van der Waals surface area contributed by atoms with E-state index in [1.807, 2.05) is 13.8 Å². The number of halogens is 1. The maximum absolute atomic E-state index is 13.2. The average Bonchev–Trinajstić information content (AvgIpc) is 3.15. The van der Waals surface area contributed by atoms with Gasteiger partial charge in [-0.3, -0.25) is 9.36 Å². The number of fused-ring (bicyclic) bond motifs is 1. The second-order valence-corrected chi connectivity index (χ2v) is 8.26. The molecule has 1 fully saturated rings. The Labute approximate surface area is 178 Å². The highest BCUT2D eigenvalue weighted by Gasteiger charge is 2.35. The Bertz CT molecular complexity index is 1150. The minimum absolute atomic E-state index is 0.0421. The molecule has 2 aromatic heterocycles. The largest absolute Gasteiger partial charge is 0.388 e. The Morgan fingerprint density at radius 1 is 1.26 bits per heavy atom. The number of piperidine rings is 1. The van der Waals surface area contributed by atoms with Gasteiger partial charge in [0, 0.05) is 19.1 Å². The van der Waals surface area contributed by atoms with Crippen LogP contribution in [0.15, 0.2) is 41.6 Å². The topological polar surface area (TPSA) is 105 Å². The smallest absolute Gasteiger partial charge is 0.317 e. The van der Waals surface area contributed by atoms with Gasteiger partial charge in [-0.25, -0.2) is 18.9 Å². The fourth-order valence-electron chi connectivity index (χ4n) is 3.77. The third kappa shape index (κ3) is 4.29. The van der Waals surface area contributed by atoms with Gasteiger partial charge in [0.2, 0.25) is 0 Å². The zero-order valence-corrected chi connectivity index (χ0v) is 17.5. The highest BCUT2D eigenvalue weighted by atomic mass is 19.1. The Hall–Kier alpha value is -3.27. The zero-order chi connectivity index (χ0) is 22.2. The van der Waals surface area contributed by atoms with Crippen LogP contribution in [0, 0.1) is 5.82 Å². The molecule has 1 saturated heterocycles. The molecule has 2 N–H and O–H groups in total. The van der Waals surface area contributed by atoms with E-state index in [1.54, 1.807) is 17.0 Å². The van der Waals surface area contributed by atoms with Crippen molar-refractivity contribution >= 4 is 17.1 Å². The number of aromatic nitrogens is 4. The first-order valence-corrected chi connectivity index (χ1v) is 10.2. The van der Waals surface area contributed by atoms with Crippen molar-refractivity contribution in [3.8, 4) is 5.69 Å². The third-order valence-electron chi connectivity index (χ3n) is 5.48. The van der Waals surface area contributed by atoms with E-state index in [1.165, 1.54) is 33.9 Å². The molecular formula is C21H25FN6O3. The number of rotatable bonds is 4. The van der Waals surface area contributed by atoms with E-state index in [9.17, 15) is 19.1 Å². The van der Waals surface area contributed by atoms with Gasteiger partial charge in [0.15, 0.2) is 5.65 Å². The summed E-state index contributed by atoms with van der Waals surface area (Å²) in [6, 6.07) is 5.63. The molecular weight excluding hydrogens is 403 g/mol. The molecule has 0 saturated carbocycles. The Balaban J connectivity index is 1.52. The monoisotopic (exact) mass is 428 g/mol. The summed E-state index contributed by atoms with van der Waals surface area (Å²) in [6.45, 7) is 4.68. The molecule has 9 nitrogen and oxygen atoms in total. The lowest BCUT2D eigenvalue weighted by Crippen LogP contribution is -2.52. The molecule has 31 heavy (non-hydrogen) atoms. The SMILES string of the molecule is CC(C)NC(=O)N1CCC(O)(Cn2cnc3c(cnn3-c3ccc(F)cc3)c2=O)CC1. The van der Waals surface area contributed by atoms with Gasteiger partial charge in [0.25, 0.3) is 5.56 Å². The Morgan fingerprint density at radius 2 is 1.94 bits per heavy atom. The molecule has 0 radical (unpaired) electrons. The summed E-state index contributed by atoms with van der Waals surface area (Å²) < 4.78 is 16.0. The minimum atomic E-state index is -1.11. The summed E-state index contributed by atoms with van der Waals surface area (Å²) in [4.78, 5) is 31.1. The first-order valence-electron chi connectivity index (χ1n) is 10.2. The molecule has 1 aromatic carbocycles. The number of benzene rings is 1. The van der Waals surface area contributed by atoms with Crippen molar-refractivity contribution in [2.75, 3.05) is 13.1 Å². The molecule has 4 rings (SSSR count). The molecule has 10 heteroatoms. The lowest BCUT2D eigenvalue weighted by Gasteiger charge is -2.38. The zero-order valence-electron chi connectivity index (χ0n) is 17.5. The minimum Gasteiger partial charge on any atom is -0.388 e. The van der Waals surface area contributed by atoms with E-state index in [0.717, 1.165) is 0 Å². The van der Waals surface area contributed by atoms with Crippen LogP contribution in [0.3, 0.4) is 0 Å². The number of likely N-dealkylation sites (tertiary alicyclic amines) is 1. The standard InChI is InChI=1S/C21H25FN6O3/c1-14(2)25-20(30)26-9-7-21(31,8-10-26)12-27-13-23-18-17(19(27)29)11-24-28(18)16-5-3-15(22)4-6-16/h3-6,11,13-14,31H,7-10,12H2,1-2H3,(H,25,30). The molecule has 2 amide bonds. The number of urea groups is 1. The lowest BCUT2D eigenvalue weighted by atomic mass is 9.91. The summed E-state index contributed by atoms with van der Waals surface area (Å²) >= 11 is 0. The Morgan fingerprint density at radius 3 is 2.58 bits per heavy atom. The van der Waals surface area contributed by atoms with Gasteiger partial charge >= 0.3 is 6.03 Å². The highest BCUT2D eigenvalue weighted by molar-refractivity contribution is 5.75. The highest BCUT2D eigenvalue weighted by Crippen LogP contribution is 2.24. The maximum atomic E-state index is 13.2. The van der Waals surface area contributed by atoms with E-state index in [4.69, 9.17) is 0 Å². The molecule has 0 spiro atoms. The summed E-state index contributed by atoms with van der Waals surface area (Å²) in [7, 11) is 0.